The van der Waals surface area contributed by atoms with Gasteiger partial charge in [-0.2, -0.15) is 0 Å². The molecule has 2 heterocycles. The lowest BCUT2D eigenvalue weighted by Gasteiger charge is -2.20. The minimum Gasteiger partial charge on any atom is -0.464 e. The summed E-state index contributed by atoms with van der Waals surface area (Å²) in [5.41, 5.74) is 2.17. The van der Waals surface area contributed by atoms with Crippen LogP contribution in [0, 0.1) is 0 Å². The van der Waals surface area contributed by atoms with Gasteiger partial charge in [-0.1, -0.05) is 18.2 Å². The standard InChI is InChI=1S/C12H12O3/c1-2-4-12-10(3-1)11(8-13-12)9-5-6-14-15-7-9/h1-4,8-9H,5-7H2. The first-order valence-corrected chi connectivity index (χ1v) is 5.16. The molecule has 15 heavy (non-hydrogen) atoms. The van der Waals surface area contributed by atoms with E-state index in [2.05, 4.69) is 6.07 Å². The Labute approximate surface area is 87.5 Å². The summed E-state index contributed by atoms with van der Waals surface area (Å²) in [5.74, 6) is 0.391. The third kappa shape index (κ3) is 1.54. The van der Waals surface area contributed by atoms with Crippen LogP contribution in [-0.4, -0.2) is 13.2 Å². The first kappa shape index (κ1) is 8.95. The highest BCUT2D eigenvalue weighted by Crippen LogP contribution is 2.31. The van der Waals surface area contributed by atoms with Crippen LogP contribution in [0.3, 0.4) is 0 Å². The molecule has 2 aromatic rings. The van der Waals surface area contributed by atoms with Gasteiger partial charge in [-0.05, 0) is 12.5 Å². The van der Waals surface area contributed by atoms with Gasteiger partial charge in [0.05, 0.1) is 19.5 Å². The molecular formula is C12H12O3. The van der Waals surface area contributed by atoms with E-state index in [9.17, 15) is 0 Å². The zero-order valence-electron chi connectivity index (χ0n) is 8.31. The van der Waals surface area contributed by atoms with Crippen molar-refractivity contribution in [1.29, 1.82) is 0 Å². The van der Waals surface area contributed by atoms with Gasteiger partial charge in [0.1, 0.15) is 5.58 Å². The highest BCUT2D eigenvalue weighted by molar-refractivity contribution is 5.81. The fraction of sp³-hybridized carbons (Fsp3) is 0.333. The monoisotopic (exact) mass is 204 g/mol. The van der Waals surface area contributed by atoms with Gasteiger partial charge in [0.15, 0.2) is 0 Å². The summed E-state index contributed by atoms with van der Waals surface area (Å²) in [6.45, 7) is 1.27. The Hall–Kier alpha value is -1.32. The number of hydrogen-bond acceptors (Lipinski definition) is 3. The number of fused-ring (bicyclic) bond motifs is 1. The molecule has 0 amide bonds. The molecule has 0 aliphatic carbocycles. The fourth-order valence-corrected chi connectivity index (χ4v) is 2.02. The lowest BCUT2D eigenvalue weighted by atomic mass is 9.96. The maximum atomic E-state index is 5.51. The van der Waals surface area contributed by atoms with E-state index in [4.69, 9.17) is 14.2 Å². The van der Waals surface area contributed by atoms with Gasteiger partial charge < -0.3 is 4.42 Å². The molecule has 0 spiro atoms. The number of hydrogen-bond donors (Lipinski definition) is 0. The molecule has 1 fully saturated rings. The van der Waals surface area contributed by atoms with Gasteiger partial charge in [-0.3, -0.25) is 0 Å². The van der Waals surface area contributed by atoms with Crippen molar-refractivity contribution in [1.82, 2.24) is 0 Å². The Morgan fingerprint density at radius 1 is 1.13 bits per heavy atom. The Bertz CT molecular complexity index is 455. The van der Waals surface area contributed by atoms with Crippen molar-refractivity contribution in [3.63, 3.8) is 0 Å². The summed E-state index contributed by atoms with van der Waals surface area (Å²) < 4.78 is 5.51. The quantitative estimate of drug-likeness (QED) is 0.669. The molecule has 0 bridgehead atoms. The highest BCUT2D eigenvalue weighted by atomic mass is 17.2. The number of benzene rings is 1. The molecule has 0 radical (unpaired) electrons. The maximum absolute atomic E-state index is 5.51. The van der Waals surface area contributed by atoms with Crippen LogP contribution in [0.15, 0.2) is 34.9 Å². The Balaban J connectivity index is 2.02. The molecule has 78 valence electrons. The molecule has 3 heteroatoms. The molecule has 1 aromatic carbocycles. The zero-order valence-corrected chi connectivity index (χ0v) is 8.31. The molecule has 1 aliphatic heterocycles. The van der Waals surface area contributed by atoms with Crippen LogP contribution in [0.2, 0.25) is 0 Å². The minimum atomic E-state index is 0.391. The van der Waals surface area contributed by atoms with E-state index in [0.717, 1.165) is 12.0 Å². The summed E-state index contributed by atoms with van der Waals surface area (Å²) in [5, 5.41) is 1.19. The molecule has 1 unspecified atom stereocenters. The Morgan fingerprint density at radius 2 is 2.07 bits per heavy atom. The number of para-hydroxylation sites is 1. The van der Waals surface area contributed by atoms with Crippen LogP contribution in [-0.2, 0) is 9.78 Å². The van der Waals surface area contributed by atoms with Crippen LogP contribution in [0.25, 0.3) is 11.0 Å². The zero-order chi connectivity index (χ0) is 10.1. The van der Waals surface area contributed by atoms with Crippen molar-refractivity contribution in [2.24, 2.45) is 0 Å². The van der Waals surface area contributed by atoms with Crippen LogP contribution in [0.5, 0.6) is 0 Å². The van der Waals surface area contributed by atoms with E-state index in [-0.39, 0.29) is 0 Å². The van der Waals surface area contributed by atoms with Gasteiger partial charge in [0.25, 0.3) is 0 Å². The van der Waals surface area contributed by atoms with Crippen LogP contribution in [0.1, 0.15) is 17.9 Å². The number of furan rings is 1. The lowest BCUT2D eigenvalue weighted by molar-refractivity contribution is -0.317. The second kappa shape index (κ2) is 3.68. The van der Waals surface area contributed by atoms with Crippen molar-refractivity contribution in [3.05, 3.63) is 36.1 Å². The molecule has 1 aliphatic rings. The summed E-state index contributed by atoms with van der Waals surface area (Å²) >= 11 is 0. The van der Waals surface area contributed by atoms with Crippen molar-refractivity contribution < 1.29 is 14.2 Å². The summed E-state index contributed by atoms with van der Waals surface area (Å²) in [6, 6.07) is 8.08. The first-order chi connectivity index (χ1) is 7.45. The van der Waals surface area contributed by atoms with Crippen LogP contribution in [0.4, 0.5) is 0 Å². The van der Waals surface area contributed by atoms with Crippen LogP contribution < -0.4 is 0 Å². The maximum Gasteiger partial charge on any atom is 0.134 e. The van der Waals surface area contributed by atoms with E-state index in [1.165, 1.54) is 10.9 Å². The summed E-state index contributed by atoms with van der Waals surface area (Å²) in [4.78, 5) is 9.89. The van der Waals surface area contributed by atoms with Gasteiger partial charge in [-0.15, -0.1) is 0 Å². The smallest absolute Gasteiger partial charge is 0.134 e. The van der Waals surface area contributed by atoms with E-state index in [1.54, 1.807) is 0 Å². The van der Waals surface area contributed by atoms with E-state index in [1.807, 2.05) is 24.5 Å². The van der Waals surface area contributed by atoms with Gasteiger partial charge in [-0.25, -0.2) is 9.78 Å². The topological polar surface area (TPSA) is 31.6 Å². The molecule has 1 saturated heterocycles. The predicted molar refractivity (Wildman–Crippen MR) is 55.5 cm³/mol. The second-order valence-corrected chi connectivity index (χ2v) is 3.78. The molecule has 0 saturated carbocycles. The normalized spacial score (nSPS) is 22.0. The Kier molecular flexibility index (Phi) is 2.19. The minimum absolute atomic E-state index is 0.391. The van der Waals surface area contributed by atoms with Crippen molar-refractivity contribution in [2.75, 3.05) is 13.2 Å². The Morgan fingerprint density at radius 3 is 2.93 bits per heavy atom. The van der Waals surface area contributed by atoms with Crippen LogP contribution >= 0.6 is 0 Å². The molecule has 3 nitrogen and oxygen atoms in total. The summed E-state index contributed by atoms with van der Waals surface area (Å²) in [7, 11) is 0. The molecule has 1 aromatic heterocycles. The molecule has 1 atom stereocenters. The predicted octanol–water partition coefficient (Wildman–Crippen LogP) is 2.87. The number of rotatable bonds is 1. The highest BCUT2D eigenvalue weighted by Gasteiger charge is 2.20. The van der Waals surface area contributed by atoms with Gasteiger partial charge in [0, 0.05) is 16.9 Å². The van der Waals surface area contributed by atoms with E-state index < -0.39 is 0 Å². The molecular weight excluding hydrogens is 192 g/mol. The van der Waals surface area contributed by atoms with E-state index >= 15 is 0 Å². The van der Waals surface area contributed by atoms with Crippen molar-refractivity contribution >= 4 is 11.0 Å². The fourth-order valence-electron chi connectivity index (χ4n) is 2.02. The first-order valence-electron chi connectivity index (χ1n) is 5.16. The lowest BCUT2D eigenvalue weighted by Crippen LogP contribution is -2.17. The van der Waals surface area contributed by atoms with Gasteiger partial charge >= 0.3 is 0 Å². The molecule has 0 N–H and O–H groups in total. The van der Waals surface area contributed by atoms with Crippen molar-refractivity contribution in [2.45, 2.75) is 12.3 Å². The third-order valence-electron chi connectivity index (χ3n) is 2.85. The SMILES string of the molecule is c1ccc2c(C3CCOOC3)coc2c1. The average molecular weight is 204 g/mol. The van der Waals surface area contributed by atoms with Crippen molar-refractivity contribution in [3.8, 4) is 0 Å². The average Bonchev–Trinajstić information content (AvgIpc) is 2.74. The third-order valence-corrected chi connectivity index (χ3v) is 2.85. The van der Waals surface area contributed by atoms with E-state index in [0.29, 0.717) is 19.1 Å². The summed E-state index contributed by atoms with van der Waals surface area (Å²) in [6.07, 6.45) is 2.83. The molecule has 3 rings (SSSR count). The largest absolute Gasteiger partial charge is 0.464 e. The second-order valence-electron chi connectivity index (χ2n) is 3.78. The van der Waals surface area contributed by atoms with Gasteiger partial charge in [0.2, 0.25) is 0 Å².